The number of rotatable bonds is 8. The Bertz CT molecular complexity index is 1980. The molecule has 5 aromatic carbocycles. The van der Waals surface area contributed by atoms with Crippen molar-refractivity contribution in [3.8, 4) is 0 Å². The van der Waals surface area contributed by atoms with E-state index in [1.165, 1.54) is 47.5 Å². The van der Waals surface area contributed by atoms with E-state index in [1.54, 1.807) is 48.5 Å². The second-order valence-electron chi connectivity index (χ2n) is 11.9. The molecule has 2 aliphatic heterocycles. The highest BCUT2D eigenvalue weighted by Gasteiger charge is 2.60. The molecule has 5 aromatic rings. The molecule has 10 nitrogen and oxygen atoms in total. The van der Waals surface area contributed by atoms with Gasteiger partial charge in [0.1, 0.15) is 0 Å². The van der Waals surface area contributed by atoms with Crippen LogP contribution in [-0.4, -0.2) is 58.2 Å². The number of para-hydroxylation sites is 2. The lowest BCUT2D eigenvalue weighted by Crippen LogP contribution is -2.55. The lowest BCUT2D eigenvalue weighted by Gasteiger charge is -2.34. The first kappa shape index (κ1) is 35.0. The van der Waals surface area contributed by atoms with Crippen LogP contribution >= 0.6 is 23.5 Å². The number of thioether (sulfide) groups is 2. The highest BCUT2D eigenvalue weighted by molar-refractivity contribution is 8.15. The molecule has 52 heavy (non-hydrogen) atoms. The van der Waals surface area contributed by atoms with Crippen molar-refractivity contribution in [2.24, 2.45) is 9.98 Å². The maximum absolute atomic E-state index is 13.5. The lowest BCUT2D eigenvalue weighted by atomic mass is 9.99. The van der Waals surface area contributed by atoms with Crippen LogP contribution in [0.1, 0.15) is 21.6 Å². The van der Waals surface area contributed by atoms with Crippen molar-refractivity contribution >= 4 is 68.5 Å². The van der Waals surface area contributed by atoms with Gasteiger partial charge in [0.15, 0.2) is 10.3 Å². The normalized spacial score (nSPS) is 24.3. The molecule has 0 aliphatic carbocycles. The maximum Gasteiger partial charge on any atom is 0.361 e. The van der Waals surface area contributed by atoms with Gasteiger partial charge in [0.25, 0.3) is 11.4 Å². The standard InChI is InChI=1S/C40H34N4O6S2/c1-49-35(45)39(47)33(27-16-7-3-8-17-27)51-37(43(39)31-22-11-5-12-23-31)41-29-20-15-21-30(26-29)42-38-44(32-24-13-6-14-25-32)40(48,36(46)50-2)34(52-38)28-18-9-4-10-19-28/h3-26,33-34,47-48H,1-2H3. The van der Waals surface area contributed by atoms with E-state index in [4.69, 9.17) is 19.5 Å². The molecule has 262 valence electrons. The summed E-state index contributed by atoms with van der Waals surface area (Å²) in [5, 5.41) is 23.8. The lowest BCUT2D eigenvalue weighted by molar-refractivity contribution is -0.161. The monoisotopic (exact) mass is 730 g/mol. The Balaban J connectivity index is 1.34. The van der Waals surface area contributed by atoms with Gasteiger partial charge in [-0.25, -0.2) is 19.6 Å². The van der Waals surface area contributed by atoms with Crippen molar-refractivity contribution in [1.29, 1.82) is 0 Å². The summed E-state index contributed by atoms with van der Waals surface area (Å²) in [5.41, 5.74) is -0.737. The van der Waals surface area contributed by atoms with E-state index in [2.05, 4.69) is 0 Å². The first-order valence-electron chi connectivity index (χ1n) is 16.3. The van der Waals surface area contributed by atoms with E-state index in [0.29, 0.717) is 33.1 Å². The number of carbonyl (C=O) groups is 2. The fraction of sp³-hybridized carbons (Fsp3) is 0.150. The Hall–Kier alpha value is -5.40. The van der Waals surface area contributed by atoms with Crippen LogP contribution in [0.2, 0.25) is 0 Å². The zero-order valence-corrected chi connectivity index (χ0v) is 29.8. The summed E-state index contributed by atoms with van der Waals surface area (Å²) in [6, 6.07) is 43.8. The molecule has 2 N–H and O–H groups in total. The van der Waals surface area contributed by atoms with Gasteiger partial charge in [-0.3, -0.25) is 9.80 Å². The van der Waals surface area contributed by atoms with Crippen LogP contribution in [0.3, 0.4) is 0 Å². The van der Waals surface area contributed by atoms with Crippen LogP contribution < -0.4 is 9.80 Å². The van der Waals surface area contributed by atoms with E-state index in [-0.39, 0.29) is 0 Å². The fourth-order valence-electron chi connectivity index (χ4n) is 6.33. The number of aliphatic imine (C=N–C) groups is 2. The number of carbonyl (C=O) groups excluding carboxylic acids is 2. The summed E-state index contributed by atoms with van der Waals surface area (Å²) in [6.07, 6.45) is 0. The van der Waals surface area contributed by atoms with Crippen molar-refractivity contribution in [3.63, 3.8) is 0 Å². The first-order valence-corrected chi connectivity index (χ1v) is 18.1. The average Bonchev–Trinajstić information content (AvgIpc) is 3.66. The predicted molar refractivity (Wildman–Crippen MR) is 206 cm³/mol. The Morgan fingerprint density at radius 3 is 1.25 bits per heavy atom. The van der Waals surface area contributed by atoms with Crippen molar-refractivity contribution in [1.82, 2.24) is 0 Å². The zero-order chi connectivity index (χ0) is 36.3. The summed E-state index contributed by atoms with van der Waals surface area (Å²) in [4.78, 5) is 39.9. The van der Waals surface area contributed by atoms with Gasteiger partial charge in [0, 0.05) is 11.4 Å². The number of ether oxygens (including phenoxy) is 2. The Morgan fingerprint density at radius 2 is 0.904 bits per heavy atom. The van der Waals surface area contributed by atoms with E-state index >= 15 is 0 Å². The third kappa shape index (κ3) is 6.24. The second kappa shape index (κ2) is 14.7. The number of benzene rings is 5. The number of hydrogen-bond acceptors (Lipinski definition) is 10. The molecule has 2 saturated heterocycles. The molecule has 0 aromatic heterocycles. The number of aliphatic hydroxyl groups is 2. The molecule has 2 aliphatic rings. The van der Waals surface area contributed by atoms with Crippen LogP contribution in [-0.2, 0) is 19.1 Å². The highest BCUT2D eigenvalue weighted by atomic mass is 32.2. The van der Waals surface area contributed by atoms with Gasteiger partial charge in [-0.1, -0.05) is 127 Å². The molecule has 0 radical (unpaired) electrons. The minimum Gasteiger partial charge on any atom is -0.465 e. The van der Waals surface area contributed by atoms with Crippen molar-refractivity contribution in [2.45, 2.75) is 21.9 Å². The SMILES string of the molecule is COC(=O)C1(O)C(c2ccccc2)SC(=Nc2cccc(N=C3SC(c4ccccc4)C(O)(C(=O)OC)N3c3ccccc3)c2)N1c1ccccc1. The quantitative estimate of drug-likeness (QED) is 0.156. The van der Waals surface area contributed by atoms with E-state index < -0.39 is 33.9 Å². The Morgan fingerprint density at radius 1 is 0.558 bits per heavy atom. The molecule has 0 saturated carbocycles. The van der Waals surface area contributed by atoms with Crippen LogP contribution in [0.15, 0.2) is 156 Å². The molecule has 0 bridgehead atoms. The number of anilines is 2. The van der Waals surface area contributed by atoms with Gasteiger partial charge < -0.3 is 19.7 Å². The summed E-state index contributed by atoms with van der Waals surface area (Å²) in [7, 11) is 2.49. The second-order valence-corrected chi connectivity index (χ2v) is 14.0. The topological polar surface area (TPSA) is 124 Å². The summed E-state index contributed by atoms with van der Waals surface area (Å²) < 4.78 is 10.4. The van der Waals surface area contributed by atoms with Gasteiger partial charge in [-0.05, 0) is 53.6 Å². The summed E-state index contributed by atoms with van der Waals surface area (Å²) >= 11 is 2.49. The minimum atomic E-state index is -2.12. The van der Waals surface area contributed by atoms with E-state index in [0.717, 1.165) is 11.1 Å². The van der Waals surface area contributed by atoms with Crippen LogP contribution in [0.5, 0.6) is 0 Å². The minimum absolute atomic E-state index is 0.364. The molecule has 4 unspecified atom stereocenters. The molecule has 12 heteroatoms. The number of nitrogens with zero attached hydrogens (tertiary/aromatic N) is 4. The number of methoxy groups -OCH3 is 2. The van der Waals surface area contributed by atoms with Gasteiger partial charge in [-0.15, -0.1) is 0 Å². The number of esters is 2. The molecule has 2 heterocycles. The number of hydrogen-bond donors (Lipinski definition) is 2. The van der Waals surface area contributed by atoms with E-state index in [1.807, 2.05) is 97.1 Å². The highest BCUT2D eigenvalue weighted by Crippen LogP contribution is 2.53. The van der Waals surface area contributed by atoms with Crippen LogP contribution in [0.4, 0.5) is 22.7 Å². The average molecular weight is 731 g/mol. The molecule has 2 fully saturated rings. The largest absolute Gasteiger partial charge is 0.465 e. The molecule has 0 amide bonds. The molecule has 7 rings (SSSR count). The van der Waals surface area contributed by atoms with Crippen LogP contribution in [0.25, 0.3) is 0 Å². The van der Waals surface area contributed by atoms with Gasteiger partial charge >= 0.3 is 11.9 Å². The summed E-state index contributed by atoms with van der Waals surface area (Å²) in [5.74, 6) is -1.65. The Kier molecular flexibility index (Phi) is 9.89. The van der Waals surface area contributed by atoms with Crippen LogP contribution in [0, 0.1) is 0 Å². The van der Waals surface area contributed by atoms with Gasteiger partial charge in [0.2, 0.25) is 0 Å². The smallest absolute Gasteiger partial charge is 0.361 e. The summed E-state index contributed by atoms with van der Waals surface area (Å²) in [6.45, 7) is 0. The predicted octanol–water partition coefficient (Wildman–Crippen LogP) is 7.37. The Labute approximate surface area is 309 Å². The fourth-order valence-corrected chi connectivity index (χ4v) is 9.09. The maximum atomic E-state index is 13.5. The number of amidine groups is 2. The third-order valence-corrected chi connectivity index (χ3v) is 11.4. The molecule has 0 spiro atoms. The van der Waals surface area contributed by atoms with Gasteiger partial charge in [0.05, 0.1) is 36.1 Å². The molecular weight excluding hydrogens is 697 g/mol. The molecule has 4 atom stereocenters. The van der Waals surface area contributed by atoms with Crippen molar-refractivity contribution in [3.05, 3.63) is 157 Å². The first-order chi connectivity index (χ1) is 25.3. The van der Waals surface area contributed by atoms with Crippen molar-refractivity contribution < 1.29 is 29.3 Å². The zero-order valence-electron chi connectivity index (χ0n) is 28.1. The third-order valence-electron chi connectivity index (χ3n) is 8.73. The molecular formula is C40H34N4O6S2. The van der Waals surface area contributed by atoms with Crippen molar-refractivity contribution in [2.75, 3.05) is 24.0 Å². The van der Waals surface area contributed by atoms with Gasteiger partial charge in [-0.2, -0.15) is 0 Å². The van der Waals surface area contributed by atoms with E-state index in [9.17, 15) is 19.8 Å².